The second-order valence-electron chi connectivity index (χ2n) is 5.10. The molecule has 2 aliphatic rings. The molecule has 1 amide bonds. The molecule has 0 aromatic rings. The van der Waals surface area contributed by atoms with E-state index < -0.39 is 0 Å². The van der Waals surface area contributed by atoms with E-state index in [1.807, 2.05) is 0 Å². The SMILES string of the molecule is CN1CCN(NC(=O)C2CCCCC2)CC1. The molecular weight excluding hydrogens is 202 g/mol. The maximum atomic E-state index is 12.0. The van der Waals surface area contributed by atoms with Crippen molar-refractivity contribution < 1.29 is 4.79 Å². The number of rotatable bonds is 2. The Kier molecular flexibility index (Phi) is 4.18. The van der Waals surface area contributed by atoms with Crippen molar-refractivity contribution in [3.63, 3.8) is 0 Å². The Bertz CT molecular complexity index is 230. The molecule has 0 spiro atoms. The lowest BCUT2D eigenvalue weighted by molar-refractivity contribution is -0.131. The van der Waals surface area contributed by atoms with Gasteiger partial charge < -0.3 is 4.90 Å². The van der Waals surface area contributed by atoms with Gasteiger partial charge in [0.25, 0.3) is 0 Å². The molecule has 1 N–H and O–H groups in total. The molecule has 4 heteroatoms. The fraction of sp³-hybridized carbons (Fsp3) is 0.917. The molecule has 1 heterocycles. The summed E-state index contributed by atoms with van der Waals surface area (Å²) in [5.41, 5.74) is 3.08. The van der Waals surface area contributed by atoms with Gasteiger partial charge in [0.05, 0.1) is 0 Å². The van der Waals surface area contributed by atoms with E-state index in [1.165, 1.54) is 19.3 Å². The number of amides is 1. The highest BCUT2D eigenvalue weighted by Crippen LogP contribution is 2.23. The molecule has 0 atom stereocenters. The highest BCUT2D eigenvalue weighted by molar-refractivity contribution is 5.78. The van der Waals surface area contributed by atoms with Gasteiger partial charge in [0, 0.05) is 32.1 Å². The van der Waals surface area contributed by atoms with Gasteiger partial charge in [0.1, 0.15) is 0 Å². The zero-order valence-electron chi connectivity index (χ0n) is 10.2. The third kappa shape index (κ3) is 3.19. The average molecular weight is 225 g/mol. The molecule has 4 nitrogen and oxygen atoms in total. The van der Waals surface area contributed by atoms with Crippen LogP contribution in [0, 0.1) is 5.92 Å². The minimum absolute atomic E-state index is 0.254. The summed E-state index contributed by atoms with van der Waals surface area (Å²) in [5, 5.41) is 2.08. The first-order chi connectivity index (χ1) is 7.75. The highest BCUT2D eigenvalue weighted by atomic mass is 16.2. The van der Waals surface area contributed by atoms with Crippen LogP contribution in [0.15, 0.2) is 0 Å². The molecular formula is C12H23N3O. The number of carbonyl (C=O) groups is 1. The Hall–Kier alpha value is -0.610. The van der Waals surface area contributed by atoms with E-state index in [0.29, 0.717) is 0 Å². The van der Waals surface area contributed by atoms with Crippen LogP contribution in [0.3, 0.4) is 0 Å². The fourth-order valence-electron chi connectivity index (χ4n) is 2.53. The highest BCUT2D eigenvalue weighted by Gasteiger charge is 2.23. The third-order valence-corrected chi connectivity index (χ3v) is 3.75. The molecule has 0 unspecified atom stereocenters. The van der Waals surface area contributed by atoms with Crippen molar-refractivity contribution >= 4 is 5.91 Å². The number of hydrogen-bond acceptors (Lipinski definition) is 3. The van der Waals surface area contributed by atoms with Crippen molar-refractivity contribution in [3.8, 4) is 0 Å². The van der Waals surface area contributed by atoms with E-state index in [2.05, 4.69) is 22.4 Å². The Morgan fingerprint density at radius 2 is 1.69 bits per heavy atom. The molecule has 0 bridgehead atoms. The molecule has 1 saturated heterocycles. The fourth-order valence-corrected chi connectivity index (χ4v) is 2.53. The first-order valence-corrected chi connectivity index (χ1v) is 6.50. The van der Waals surface area contributed by atoms with Crippen LogP contribution in [0.2, 0.25) is 0 Å². The first-order valence-electron chi connectivity index (χ1n) is 6.50. The minimum atomic E-state index is 0.254. The van der Waals surface area contributed by atoms with Gasteiger partial charge in [0.15, 0.2) is 0 Å². The number of nitrogens with zero attached hydrogens (tertiary/aromatic N) is 2. The second-order valence-corrected chi connectivity index (χ2v) is 5.10. The average Bonchev–Trinajstić information content (AvgIpc) is 2.33. The van der Waals surface area contributed by atoms with Gasteiger partial charge in [-0.25, -0.2) is 5.01 Å². The van der Waals surface area contributed by atoms with E-state index >= 15 is 0 Å². The first kappa shape index (κ1) is 11.9. The Morgan fingerprint density at radius 1 is 1.06 bits per heavy atom. The van der Waals surface area contributed by atoms with E-state index in [-0.39, 0.29) is 11.8 Å². The third-order valence-electron chi connectivity index (χ3n) is 3.75. The molecule has 1 aliphatic carbocycles. The van der Waals surface area contributed by atoms with Crippen molar-refractivity contribution in [2.75, 3.05) is 33.2 Å². The lowest BCUT2D eigenvalue weighted by Gasteiger charge is -2.33. The van der Waals surface area contributed by atoms with Gasteiger partial charge in [-0.2, -0.15) is 0 Å². The Labute approximate surface area is 97.9 Å². The van der Waals surface area contributed by atoms with Crippen molar-refractivity contribution in [1.29, 1.82) is 0 Å². The Morgan fingerprint density at radius 3 is 2.31 bits per heavy atom. The second kappa shape index (κ2) is 5.64. The van der Waals surface area contributed by atoms with Crippen LogP contribution in [0.25, 0.3) is 0 Å². The van der Waals surface area contributed by atoms with Crippen LogP contribution < -0.4 is 5.43 Å². The van der Waals surface area contributed by atoms with Crippen LogP contribution in [0.1, 0.15) is 32.1 Å². The molecule has 16 heavy (non-hydrogen) atoms. The van der Waals surface area contributed by atoms with Crippen LogP contribution in [0.4, 0.5) is 0 Å². The zero-order chi connectivity index (χ0) is 11.4. The largest absolute Gasteiger partial charge is 0.304 e. The lowest BCUT2D eigenvalue weighted by Crippen LogP contribution is -2.53. The number of likely N-dealkylation sites (N-methyl/N-ethyl adjacent to an activating group) is 1. The van der Waals surface area contributed by atoms with Crippen molar-refractivity contribution in [2.24, 2.45) is 5.92 Å². The van der Waals surface area contributed by atoms with E-state index in [0.717, 1.165) is 39.0 Å². The van der Waals surface area contributed by atoms with Crippen LogP contribution in [-0.2, 0) is 4.79 Å². The van der Waals surface area contributed by atoms with Gasteiger partial charge in [-0.05, 0) is 19.9 Å². The molecule has 0 radical (unpaired) electrons. The van der Waals surface area contributed by atoms with E-state index in [9.17, 15) is 4.79 Å². The molecule has 2 fully saturated rings. The molecule has 0 aromatic carbocycles. The van der Waals surface area contributed by atoms with Gasteiger partial charge in [-0.3, -0.25) is 10.2 Å². The summed E-state index contributed by atoms with van der Waals surface area (Å²) < 4.78 is 0. The summed E-state index contributed by atoms with van der Waals surface area (Å²) in [5.74, 6) is 0.526. The zero-order valence-corrected chi connectivity index (χ0v) is 10.2. The summed E-state index contributed by atoms with van der Waals surface area (Å²) in [6.45, 7) is 4.00. The van der Waals surface area contributed by atoms with Crippen molar-refractivity contribution in [1.82, 2.24) is 15.3 Å². The van der Waals surface area contributed by atoms with E-state index in [4.69, 9.17) is 0 Å². The number of hydrazine groups is 1. The lowest BCUT2D eigenvalue weighted by atomic mass is 9.89. The summed E-state index contributed by atoms with van der Waals surface area (Å²) in [4.78, 5) is 14.3. The van der Waals surface area contributed by atoms with Gasteiger partial charge in [0.2, 0.25) is 5.91 Å². The summed E-state index contributed by atoms with van der Waals surface area (Å²) >= 11 is 0. The van der Waals surface area contributed by atoms with E-state index in [1.54, 1.807) is 0 Å². The standard InChI is InChI=1S/C12H23N3O/c1-14-7-9-15(10-8-14)13-12(16)11-5-3-2-4-6-11/h11H,2-10H2,1H3,(H,13,16). The van der Waals surface area contributed by atoms with Crippen LogP contribution >= 0.6 is 0 Å². The predicted octanol–water partition coefficient (Wildman–Crippen LogP) is 0.845. The van der Waals surface area contributed by atoms with Gasteiger partial charge in [-0.15, -0.1) is 0 Å². The monoisotopic (exact) mass is 225 g/mol. The minimum Gasteiger partial charge on any atom is -0.304 e. The van der Waals surface area contributed by atoms with Crippen molar-refractivity contribution in [2.45, 2.75) is 32.1 Å². The molecule has 1 saturated carbocycles. The smallest absolute Gasteiger partial charge is 0.237 e. The van der Waals surface area contributed by atoms with Crippen LogP contribution in [-0.4, -0.2) is 49.0 Å². The molecule has 92 valence electrons. The predicted molar refractivity (Wildman–Crippen MR) is 63.8 cm³/mol. The van der Waals surface area contributed by atoms with Crippen molar-refractivity contribution in [3.05, 3.63) is 0 Å². The maximum absolute atomic E-state index is 12.0. The van der Waals surface area contributed by atoms with Crippen LogP contribution in [0.5, 0.6) is 0 Å². The quantitative estimate of drug-likeness (QED) is 0.756. The normalized spacial score (nSPS) is 25.6. The summed E-state index contributed by atoms with van der Waals surface area (Å²) in [6, 6.07) is 0. The number of piperazine rings is 1. The topological polar surface area (TPSA) is 35.6 Å². The Balaban J connectivity index is 1.73. The molecule has 0 aromatic heterocycles. The number of carbonyl (C=O) groups excluding carboxylic acids is 1. The molecule has 2 rings (SSSR count). The number of nitrogens with one attached hydrogen (secondary N) is 1. The van der Waals surface area contributed by atoms with Gasteiger partial charge in [-0.1, -0.05) is 19.3 Å². The summed E-state index contributed by atoms with van der Waals surface area (Å²) in [6.07, 6.45) is 5.92. The molecule has 1 aliphatic heterocycles. The number of hydrogen-bond donors (Lipinski definition) is 1. The summed E-state index contributed by atoms with van der Waals surface area (Å²) in [7, 11) is 2.13. The van der Waals surface area contributed by atoms with Gasteiger partial charge >= 0.3 is 0 Å². The maximum Gasteiger partial charge on any atom is 0.237 e.